The van der Waals surface area contributed by atoms with Gasteiger partial charge in [-0.2, -0.15) is 4.31 Å². The highest BCUT2D eigenvalue weighted by molar-refractivity contribution is 7.89. The number of aromatic nitrogens is 1. The van der Waals surface area contributed by atoms with Crippen molar-refractivity contribution in [3.8, 4) is 11.1 Å². The molecule has 11 heteroatoms. The van der Waals surface area contributed by atoms with Crippen LogP contribution in [-0.2, 0) is 10.0 Å². The number of oxazole rings is 1. The fourth-order valence-corrected chi connectivity index (χ4v) is 5.78. The molecule has 3 aromatic carbocycles. The summed E-state index contributed by atoms with van der Waals surface area (Å²) in [6.07, 6.45) is 1.07. The molecule has 0 saturated carbocycles. The molecule has 1 aromatic heterocycles. The van der Waals surface area contributed by atoms with Gasteiger partial charge in [0, 0.05) is 30.3 Å². The van der Waals surface area contributed by atoms with Crippen molar-refractivity contribution in [3.63, 3.8) is 0 Å². The molecule has 1 atom stereocenters. The van der Waals surface area contributed by atoms with Gasteiger partial charge in [-0.05, 0) is 54.8 Å². The molecule has 1 unspecified atom stereocenters. The monoisotopic (exact) mass is 485 g/mol. The summed E-state index contributed by atoms with van der Waals surface area (Å²) in [5, 5.41) is 10.9. The average Bonchev–Trinajstić information content (AvgIpc) is 3.46. The first-order valence-electron chi connectivity index (χ1n) is 10.4. The van der Waals surface area contributed by atoms with Gasteiger partial charge in [0.05, 0.1) is 9.82 Å². The van der Waals surface area contributed by atoms with E-state index in [9.17, 15) is 27.3 Å². The Morgan fingerprint density at radius 2 is 1.82 bits per heavy atom. The number of nitrogens with zero attached hydrogens (tertiary/aromatic N) is 3. The topological polar surface area (TPSA) is 107 Å². The molecule has 0 aliphatic carbocycles. The Labute approximate surface area is 192 Å². The molecule has 0 N–H and O–H groups in total. The van der Waals surface area contributed by atoms with E-state index in [1.165, 1.54) is 22.5 Å². The Hall–Kier alpha value is -3.70. The van der Waals surface area contributed by atoms with Gasteiger partial charge in [-0.3, -0.25) is 10.1 Å². The molecular formula is C23H17F2N3O5S. The maximum absolute atomic E-state index is 14.2. The fourth-order valence-electron chi connectivity index (χ4n) is 4.13. The molecule has 1 fully saturated rings. The minimum atomic E-state index is -3.95. The van der Waals surface area contributed by atoms with Gasteiger partial charge in [0.2, 0.25) is 15.9 Å². The molecule has 1 aliphatic rings. The van der Waals surface area contributed by atoms with Gasteiger partial charge in [-0.25, -0.2) is 22.2 Å². The normalized spacial score (nSPS) is 16.8. The average molecular weight is 485 g/mol. The van der Waals surface area contributed by atoms with E-state index < -0.39 is 32.6 Å². The van der Waals surface area contributed by atoms with E-state index in [0.29, 0.717) is 29.5 Å². The summed E-state index contributed by atoms with van der Waals surface area (Å²) in [6.45, 7) is 0.245. The Morgan fingerprint density at radius 3 is 2.53 bits per heavy atom. The van der Waals surface area contributed by atoms with Crippen LogP contribution in [0.25, 0.3) is 22.2 Å². The Kier molecular flexibility index (Phi) is 5.37. The molecule has 5 rings (SSSR count). The molecule has 1 aliphatic heterocycles. The zero-order valence-electron chi connectivity index (χ0n) is 17.5. The lowest BCUT2D eigenvalue weighted by Crippen LogP contribution is -2.30. The highest BCUT2D eigenvalue weighted by atomic mass is 32.2. The molecular weight excluding hydrogens is 468 g/mol. The SMILES string of the molecule is O=[N+]([O-])c1ccc(S(=O)(=O)N2CCCC2c2nc3cc(-c4ccc(F)cc4F)ccc3o2)cc1. The number of rotatable bonds is 5. The number of nitro groups is 1. The summed E-state index contributed by atoms with van der Waals surface area (Å²) in [4.78, 5) is 14.7. The largest absolute Gasteiger partial charge is 0.439 e. The summed E-state index contributed by atoms with van der Waals surface area (Å²) in [5.41, 5.74) is 1.30. The predicted molar refractivity (Wildman–Crippen MR) is 118 cm³/mol. The van der Waals surface area contributed by atoms with Crippen LogP contribution in [0.5, 0.6) is 0 Å². The Bertz CT molecular complexity index is 1520. The molecule has 0 radical (unpaired) electrons. The minimum Gasteiger partial charge on any atom is -0.439 e. The second kappa shape index (κ2) is 8.26. The van der Waals surface area contributed by atoms with Crippen molar-refractivity contribution >= 4 is 26.8 Å². The smallest absolute Gasteiger partial charge is 0.269 e. The highest BCUT2D eigenvalue weighted by Gasteiger charge is 2.39. The molecule has 2 heterocycles. The van der Waals surface area contributed by atoms with E-state index in [1.54, 1.807) is 18.2 Å². The first-order chi connectivity index (χ1) is 16.2. The van der Waals surface area contributed by atoms with Crippen LogP contribution in [0.2, 0.25) is 0 Å². The van der Waals surface area contributed by atoms with Crippen molar-refractivity contribution in [2.45, 2.75) is 23.8 Å². The van der Waals surface area contributed by atoms with Crippen LogP contribution in [0, 0.1) is 21.7 Å². The third-order valence-electron chi connectivity index (χ3n) is 5.79. The third-order valence-corrected chi connectivity index (χ3v) is 7.71. The van der Waals surface area contributed by atoms with Crippen molar-refractivity contribution in [1.82, 2.24) is 9.29 Å². The van der Waals surface area contributed by atoms with E-state index in [4.69, 9.17) is 4.42 Å². The number of hydrogen-bond acceptors (Lipinski definition) is 6. The van der Waals surface area contributed by atoms with Crippen LogP contribution < -0.4 is 0 Å². The van der Waals surface area contributed by atoms with Gasteiger partial charge in [-0.1, -0.05) is 6.07 Å². The summed E-state index contributed by atoms with van der Waals surface area (Å²) in [7, 11) is -3.95. The first-order valence-corrected chi connectivity index (χ1v) is 11.8. The van der Waals surface area contributed by atoms with Gasteiger partial charge in [-0.15, -0.1) is 0 Å². The molecule has 0 bridgehead atoms. The van der Waals surface area contributed by atoms with Crippen LogP contribution in [0.4, 0.5) is 14.5 Å². The first kappa shape index (κ1) is 22.1. The van der Waals surface area contributed by atoms with E-state index in [0.717, 1.165) is 24.3 Å². The van der Waals surface area contributed by atoms with E-state index in [1.807, 2.05) is 0 Å². The van der Waals surface area contributed by atoms with Gasteiger partial charge in [0.25, 0.3) is 5.69 Å². The molecule has 0 spiro atoms. The standard InChI is InChI=1S/C23H17F2N3O5S/c24-15-4-9-18(19(25)13-15)14-3-10-22-20(12-14)26-23(33-22)21-2-1-11-27(21)34(31,32)17-7-5-16(6-8-17)28(29)30/h3-10,12-13,21H,1-2,11H2. The summed E-state index contributed by atoms with van der Waals surface area (Å²) >= 11 is 0. The minimum absolute atomic E-state index is 0.0600. The van der Waals surface area contributed by atoms with Crippen LogP contribution in [0.1, 0.15) is 24.8 Å². The number of non-ortho nitro benzene ring substituents is 1. The van der Waals surface area contributed by atoms with Crippen molar-refractivity contribution in [2.75, 3.05) is 6.54 Å². The highest BCUT2D eigenvalue weighted by Crippen LogP contribution is 2.38. The van der Waals surface area contributed by atoms with Crippen LogP contribution in [0.3, 0.4) is 0 Å². The maximum Gasteiger partial charge on any atom is 0.269 e. The zero-order valence-corrected chi connectivity index (χ0v) is 18.3. The van der Waals surface area contributed by atoms with Crippen molar-refractivity contribution in [3.05, 3.63) is 88.3 Å². The van der Waals surface area contributed by atoms with Crippen molar-refractivity contribution in [1.29, 1.82) is 0 Å². The number of sulfonamides is 1. The Morgan fingerprint density at radius 1 is 1.06 bits per heavy atom. The summed E-state index contributed by atoms with van der Waals surface area (Å²) < 4.78 is 61.0. The fraction of sp³-hybridized carbons (Fsp3) is 0.174. The lowest BCUT2D eigenvalue weighted by molar-refractivity contribution is -0.384. The second-order valence-electron chi connectivity index (χ2n) is 7.88. The third kappa shape index (κ3) is 3.82. The molecule has 34 heavy (non-hydrogen) atoms. The molecule has 8 nitrogen and oxygen atoms in total. The van der Waals surface area contributed by atoms with Gasteiger partial charge < -0.3 is 4.42 Å². The predicted octanol–water partition coefficient (Wildman–Crippen LogP) is 5.21. The number of hydrogen-bond donors (Lipinski definition) is 0. The molecule has 174 valence electrons. The molecule has 1 saturated heterocycles. The lowest BCUT2D eigenvalue weighted by atomic mass is 10.0. The maximum atomic E-state index is 14.2. The number of nitro benzene ring substituents is 1. The molecule has 4 aromatic rings. The second-order valence-corrected chi connectivity index (χ2v) is 9.77. The van der Waals surface area contributed by atoms with E-state index in [-0.39, 0.29) is 28.6 Å². The van der Waals surface area contributed by atoms with Crippen molar-refractivity contribution in [2.24, 2.45) is 0 Å². The number of benzene rings is 3. The van der Waals surface area contributed by atoms with Crippen LogP contribution in [0.15, 0.2) is 70.0 Å². The summed E-state index contributed by atoms with van der Waals surface area (Å²) in [6, 6.07) is 12.2. The molecule has 0 amide bonds. The van der Waals surface area contributed by atoms with Crippen LogP contribution in [-0.4, -0.2) is 29.2 Å². The van der Waals surface area contributed by atoms with Gasteiger partial charge >= 0.3 is 0 Å². The van der Waals surface area contributed by atoms with E-state index in [2.05, 4.69) is 4.98 Å². The zero-order chi connectivity index (χ0) is 24.0. The lowest BCUT2D eigenvalue weighted by Gasteiger charge is -2.21. The van der Waals surface area contributed by atoms with Crippen LogP contribution >= 0.6 is 0 Å². The van der Waals surface area contributed by atoms with E-state index >= 15 is 0 Å². The Balaban J connectivity index is 1.48. The summed E-state index contributed by atoms with van der Waals surface area (Å²) in [5.74, 6) is -1.18. The quantitative estimate of drug-likeness (QED) is 0.284. The van der Waals surface area contributed by atoms with Gasteiger partial charge in [0.1, 0.15) is 23.2 Å². The number of fused-ring (bicyclic) bond motifs is 1. The van der Waals surface area contributed by atoms with Crippen molar-refractivity contribution < 1.29 is 26.5 Å². The number of halogens is 2. The van der Waals surface area contributed by atoms with Gasteiger partial charge in [0.15, 0.2) is 5.58 Å².